The number of rotatable bonds is 4. The first-order valence-corrected chi connectivity index (χ1v) is 8.94. The maximum atomic E-state index is 12.9. The zero-order valence-corrected chi connectivity index (χ0v) is 15.4. The van der Waals surface area contributed by atoms with Crippen molar-refractivity contribution in [2.45, 2.75) is 25.8 Å². The van der Waals surface area contributed by atoms with Crippen LogP contribution in [0.25, 0.3) is 0 Å². The number of amides is 2. The van der Waals surface area contributed by atoms with E-state index >= 15 is 0 Å². The summed E-state index contributed by atoms with van der Waals surface area (Å²) in [5, 5.41) is 12.1. The Bertz CT molecular complexity index is 810. The van der Waals surface area contributed by atoms with Gasteiger partial charge in [0, 0.05) is 11.6 Å². The molecule has 2 heterocycles. The summed E-state index contributed by atoms with van der Waals surface area (Å²) in [6.07, 6.45) is 1.35. The molecule has 1 fully saturated rings. The van der Waals surface area contributed by atoms with E-state index in [-0.39, 0.29) is 11.8 Å². The quantitative estimate of drug-likeness (QED) is 0.881. The van der Waals surface area contributed by atoms with E-state index in [0.29, 0.717) is 34.4 Å². The molecule has 9 heteroatoms. The molecule has 1 aromatic carbocycles. The van der Waals surface area contributed by atoms with E-state index in [1.54, 1.807) is 23.1 Å². The number of halogens is 1. The van der Waals surface area contributed by atoms with Crippen LogP contribution in [0.15, 0.2) is 18.2 Å². The highest BCUT2D eigenvalue weighted by atomic mass is 35.5. The maximum absolute atomic E-state index is 12.9. The summed E-state index contributed by atoms with van der Waals surface area (Å²) in [5.41, 5.74) is 0.349. The Kier molecular flexibility index (Phi) is 5.19. The SMILES string of the molecule is COc1ccc(Cl)cc1C(=O)N1CCC[C@@H]1C(=O)Nc1nnc(C)s1. The van der Waals surface area contributed by atoms with Crippen LogP contribution in [-0.4, -0.2) is 46.6 Å². The zero-order valence-electron chi connectivity index (χ0n) is 13.8. The third kappa shape index (κ3) is 3.74. The number of aromatic nitrogens is 2. The van der Waals surface area contributed by atoms with Crippen LogP contribution in [0.1, 0.15) is 28.2 Å². The molecule has 1 aliphatic rings. The van der Waals surface area contributed by atoms with Crippen LogP contribution in [0.2, 0.25) is 5.02 Å². The van der Waals surface area contributed by atoms with Gasteiger partial charge in [0.25, 0.3) is 5.91 Å². The van der Waals surface area contributed by atoms with Crippen molar-refractivity contribution in [3.63, 3.8) is 0 Å². The summed E-state index contributed by atoms with van der Waals surface area (Å²) in [6.45, 7) is 2.31. The van der Waals surface area contributed by atoms with Crippen LogP contribution >= 0.6 is 22.9 Å². The van der Waals surface area contributed by atoms with E-state index in [4.69, 9.17) is 16.3 Å². The van der Waals surface area contributed by atoms with E-state index in [1.807, 2.05) is 6.92 Å². The number of aryl methyl sites for hydroxylation is 1. The lowest BCUT2D eigenvalue weighted by Gasteiger charge is -2.24. The standard InChI is InChI=1S/C16H17ClN4O3S/c1-9-19-20-16(25-9)18-14(22)12-4-3-7-21(12)15(23)11-8-10(17)5-6-13(11)24-2/h5-6,8,12H,3-4,7H2,1-2H3,(H,18,20,22)/t12-/m1/s1. The first-order valence-electron chi connectivity index (χ1n) is 7.75. The lowest BCUT2D eigenvalue weighted by molar-refractivity contribution is -0.119. The number of likely N-dealkylation sites (tertiary alicyclic amines) is 1. The summed E-state index contributed by atoms with van der Waals surface area (Å²) in [7, 11) is 1.49. The number of ether oxygens (including phenoxy) is 1. The molecule has 3 rings (SSSR count). The predicted molar refractivity (Wildman–Crippen MR) is 95.3 cm³/mol. The molecule has 1 N–H and O–H groups in total. The highest BCUT2D eigenvalue weighted by molar-refractivity contribution is 7.15. The normalized spacial score (nSPS) is 16.8. The zero-order chi connectivity index (χ0) is 18.0. The molecule has 1 aliphatic heterocycles. The van der Waals surface area contributed by atoms with Gasteiger partial charge < -0.3 is 9.64 Å². The minimum Gasteiger partial charge on any atom is -0.496 e. The molecule has 0 radical (unpaired) electrons. The molecule has 2 aromatic rings. The van der Waals surface area contributed by atoms with E-state index in [0.717, 1.165) is 11.4 Å². The van der Waals surface area contributed by atoms with Crippen molar-refractivity contribution < 1.29 is 14.3 Å². The lowest BCUT2D eigenvalue weighted by Crippen LogP contribution is -2.43. The first-order chi connectivity index (χ1) is 12.0. The Hall–Kier alpha value is -2.19. The lowest BCUT2D eigenvalue weighted by atomic mass is 10.1. The predicted octanol–water partition coefficient (Wildman–Crippen LogP) is 2.75. The van der Waals surface area contributed by atoms with E-state index in [2.05, 4.69) is 15.5 Å². The summed E-state index contributed by atoms with van der Waals surface area (Å²) in [4.78, 5) is 27.1. The second kappa shape index (κ2) is 7.37. The van der Waals surface area contributed by atoms with Crippen molar-refractivity contribution in [2.24, 2.45) is 0 Å². The second-order valence-corrected chi connectivity index (χ2v) is 7.23. The van der Waals surface area contributed by atoms with E-state index < -0.39 is 6.04 Å². The highest BCUT2D eigenvalue weighted by Gasteiger charge is 2.36. The first kappa shape index (κ1) is 17.6. The minimum absolute atomic E-state index is 0.261. The topological polar surface area (TPSA) is 84.4 Å². The van der Waals surface area contributed by atoms with Gasteiger partial charge >= 0.3 is 0 Å². The number of carbonyl (C=O) groups excluding carboxylic acids is 2. The van der Waals surface area contributed by atoms with Crippen LogP contribution in [0, 0.1) is 6.92 Å². The Morgan fingerprint density at radius 1 is 1.40 bits per heavy atom. The van der Waals surface area contributed by atoms with Crippen molar-refractivity contribution in [1.82, 2.24) is 15.1 Å². The number of benzene rings is 1. The third-order valence-corrected chi connectivity index (χ3v) is 4.95. The number of methoxy groups -OCH3 is 1. The molecule has 1 atom stereocenters. The number of nitrogens with zero attached hydrogens (tertiary/aromatic N) is 3. The van der Waals surface area contributed by atoms with Crippen molar-refractivity contribution in [1.29, 1.82) is 0 Å². The summed E-state index contributed by atoms with van der Waals surface area (Å²) < 4.78 is 5.25. The molecule has 132 valence electrons. The van der Waals surface area contributed by atoms with Gasteiger partial charge in [0.15, 0.2) is 0 Å². The van der Waals surface area contributed by atoms with Gasteiger partial charge in [-0.3, -0.25) is 14.9 Å². The van der Waals surface area contributed by atoms with Gasteiger partial charge in [-0.1, -0.05) is 22.9 Å². The monoisotopic (exact) mass is 380 g/mol. The molecule has 7 nitrogen and oxygen atoms in total. The Morgan fingerprint density at radius 3 is 2.88 bits per heavy atom. The molecule has 25 heavy (non-hydrogen) atoms. The molecule has 0 unspecified atom stereocenters. The van der Waals surface area contributed by atoms with Crippen LogP contribution in [0.3, 0.4) is 0 Å². The van der Waals surface area contributed by atoms with Crippen LogP contribution < -0.4 is 10.1 Å². The molecule has 0 bridgehead atoms. The van der Waals surface area contributed by atoms with Gasteiger partial charge in [-0.15, -0.1) is 10.2 Å². The fourth-order valence-electron chi connectivity index (χ4n) is 2.82. The Labute approximate surface area is 153 Å². The highest BCUT2D eigenvalue weighted by Crippen LogP contribution is 2.28. The second-order valence-electron chi connectivity index (χ2n) is 5.62. The summed E-state index contributed by atoms with van der Waals surface area (Å²) in [6, 6.07) is 4.30. The Balaban J connectivity index is 1.80. The fraction of sp³-hybridized carbons (Fsp3) is 0.375. The number of carbonyl (C=O) groups is 2. The van der Waals surface area contributed by atoms with Gasteiger partial charge in [-0.2, -0.15) is 0 Å². The minimum atomic E-state index is -0.555. The summed E-state index contributed by atoms with van der Waals surface area (Å²) >= 11 is 7.31. The third-order valence-electron chi connectivity index (χ3n) is 3.96. The molecular weight excluding hydrogens is 364 g/mol. The van der Waals surface area contributed by atoms with Gasteiger partial charge in [0.2, 0.25) is 11.0 Å². The van der Waals surface area contributed by atoms with Crippen molar-refractivity contribution in [3.05, 3.63) is 33.8 Å². The number of anilines is 1. The number of hydrogen-bond acceptors (Lipinski definition) is 6. The Morgan fingerprint density at radius 2 is 2.20 bits per heavy atom. The van der Waals surface area contributed by atoms with Crippen LogP contribution in [0.4, 0.5) is 5.13 Å². The van der Waals surface area contributed by atoms with Gasteiger partial charge in [-0.25, -0.2) is 0 Å². The average Bonchev–Trinajstić information content (AvgIpc) is 3.23. The van der Waals surface area contributed by atoms with E-state index in [9.17, 15) is 9.59 Å². The van der Waals surface area contributed by atoms with Gasteiger partial charge in [0.1, 0.15) is 16.8 Å². The molecule has 1 saturated heterocycles. The molecule has 0 aliphatic carbocycles. The molecular formula is C16H17ClN4O3S. The molecule has 1 aromatic heterocycles. The fourth-order valence-corrected chi connectivity index (χ4v) is 3.59. The van der Waals surface area contributed by atoms with Gasteiger partial charge in [-0.05, 0) is 38.0 Å². The smallest absolute Gasteiger partial charge is 0.258 e. The average molecular weight is 381 g/mol. The molecule has 0 saturated carbocycles. The van der Waals surface area contributed by atoms with E-state index in [1.165, 1.54) is 18.4 Å². The maximum Gasteiger partial charge on any atom is 0.258 e. The molecule has 2 amide bonds. The largest absolute Gasteiger partial charge is 0.496 e. The number of nitrogens with one attached hydrogen (secondary N) is 1. The van der Waals surface area contributed by atoms with Crippen molar-refractivity contribution in [2.75, 3.05) is 19.0 Å². The number of hydrogen-bond donors (Lipinski definition) is 1. The van der Waals surface area contributed by atoms with Crippen molar-refractivity contribution >= 4 is 39.9 Å². The van der Waals surface area contributed by atoms with Crippen molar-refractivity contribution in [3.8, 4) is 5.75 Å². The summed E-state index contributed by atoms with van der Waals surface area (Å²) in [5.74, 6) is -0.103. The van der Waals surface area contributed by atoms with Gasteiger partial charge in [0.05, 0.1) is 12.7 Å². The van der Waals surface area contributed by atoms with Crippen LogP contribution in [-0.2, 0) is 4.79 Å². The molecule has 0 spiro atoms. The van der Waals surface area contributed by atoms with Crippen LogP contribution in [0.5, 0.6) is 5.75 Å².